The number of hydrogen-bond donors (Lipinski definition) is 1. The summed E-state index contributed by atoms with van der Waals surface area (Å²) in [6, 6.07) is 4.33. The van der Waals surface area contributed by atoms with E-state index in [0.29, 0.717) is 0 Å². The van der Waals surface area contributed by atoms with Crippen LogP contribution in [0.5, 0.6) is 0 Å². The van der Waals surface area contributed by atoms with Gasteiger partial charge in [-0.15, -0.1) is 35.7 Å². The van der Waals surface area contributed by atoms with Gasteiger partial charge in [-0.25, -0.2) is 0 Å². The summed E-state index contributed by atoms with van der Waals surface area (Å²) in [5.74, 6) is 0. The number of halogens is 1. The van der Waals surface area contributed by atoms with E-state index in [4.69, 9.17) is 0 Å². The van der Waals surface area contributed by atoms with Crippen LogP contribution in [0.15, 0.2) is 31.8 Å². The first-order valence-corrected chi connectivity index (χ1v) is 7.01. The topological polar surface area (TPSA) is 0 Å². The Morgan fingerprint density at radius 3 is 3.00 bits per heavy atom. The van der Waals surface area contributed by atoms with Crippen molar-refractivity contribution in [3.05, 3.63) is 22.0 Å². The van der Waals surface area contributed by atoms with E-state index in [-0.39, 0.29) is 0 Å². The number of benzene rings is 1. The molecule has 1 aromatic heterocycles. The molecule has 0 saturated carbocycles. The van der Waals surface area contributed by atoms with Crippen molar-refractivity contribution in [3.8, 4) is 0 Å². The van der Waals surface area contributed by atoms with Crippen LogP contribution in [0.4, 0.5) is 0 Å². The van der Waals surface area contributed by atoms with Crippen LogP contribution in [0.1, 0.15) is 0 Å². The molecule has 0 fully saturated rings. The van der Waals surface area contributed by atoms with Crippen molar-refractivity contribution in [1.29, 1.82) is 0 Å². The zero-order valence-corrected chi connectivity index (χ0v) is 11.0. The van der Waals surface area contributed by atoms with Gasteiger partial charge in [0.2, 0.25) is 0 Å². The summed E-state index contributed by atoms with van der Waals surface area (Å²) in [7, 11) is 0. The Hall–Kier alpha value is 0.360. The van der Waals surface area contributed by atoms with Gasteiger partial charge in [0.1, 0.15) is 0 Å². The number of thiol groups is 1. The maximum atomic E-state index is 4.50. The summed E-state index contributed by atoms with van der Waals surface area (Å²) in [6.07, 6.45) is 2.07. The van der Waals surface area contributed by atoms with Crippen LogP contribution in [0.2, 0.25) is 0 Å². The van der Waals surface area contributed by atoms with Gasteiger partial charge in [-0.05, 0) is 45.1 Å². The van der Waals surface area contributed by atoms with Crippen molar-refractivity contribution in [3.63, 3.8) is 0 Å². The van der Waals surface area contributed by atoms with Gasteiger partial charge < -0.3 is 0 Å². The second-order valence-electron chi connectivity index (χ2n) is 2.58. The Balaban J connectivity index is 2.83. The number of rotatable bonds is 1. The van der Waals surface area contributed by atoms with Crippen LogP contribution in [0.25, 0.3) is 10.1 Å². The third kappa shape index (κ3) is 1.65. The second-order valence-corrected chi connectivity index (χ2v) is 5.58. The predicted octanol–water partition coefficient (Wildman–Crippen LogP) is 4.67. The predicted molar refractivity (Wildman–Crippen MR) is 68.6 cm³/mol. The van der Waals surface area contributed by atoms with E-state index in [1.54, 1.807) is 23.1 Å². The molecule has 1 aromatic carbocycles. The lowest BCUT2D eigenvalue weighted by Gasteiger charge is -2.04. The maximum Gasteiger partial charge on any atom is 0.0488 e. The number of thiophene rings is 1. The van der Waals surface area contributed by atoms with E-state index in [9.17, 15) is 0 Å². The van der Waals surface area contributed by atoms with E-state index in [0.717, 1.165) is 9.37 Å². The summed E-state index contributed by atoms with van der Waals surface area (Å²) >= 11 is 11.5. The molecule has 13 heavy (non-hydrogen) atoms. The second kappa shape index (κ2) is 3.85. The van der Waals surface area contributed by atoms with Crippen molar-refractivity contribution in [2.75, 3.05) is 6.26 Å². The third-order valence-corrected chi connectivity index (χ3v) is 5.54. The van der Waals surface area contributed by atoms with Gasteiger partial charge in [0, 0.05) is 19.0 Å². The summed E-state index contributed by atoms with van der Waals surface area (Å²) in [5, 5.41) is 3.38. The van der Waals surface area contributed by atoms with Crippen molar-refractivity contribution in [2.24, 2.45) is 0 Å². The first-order valence-electron chi connectivity index (χ1n) is 3.66. The quantitative estimate of drug-likeness (QED) is 0.588. The molecular formula is C9H7BrS3. The lowest BCUT2D eigenvalue weighted by molar-refractivity contribution is 1.35. The fourth-order valence-electron chi connectivity index (χ4n) is 1.19. The molecule has 0 N–H and O–H groups in total. The molecule has 0 aliphatic rings. The highest BCUT2D eigenvalue weighted by Crippen LogP contribution is 2.39. The molecule has 0 spiro atoms. The Kier molecular flexibility index (Phi) is 2.93. The molecule has 0 aliphatic carbocycles. The first-order chi connectivity index (χ1) is 6.24. The first kappa shape index (κ1) is 9.90. The molecule has 0 saturated heterocycles. The molecule has 2 aromatic rings. The monoisotopic (exact) mass is 290 g/mol. The average Bonchev–Trinajstić information content (AvgIpc) is 2.59. The van der Waals surface area contributed by atoms with Gasteiger partial charge in [-0.1, -0.05) is 0 Å². The Bertz CT molecular complexity index is 447. The van der Waals surface area contributed by atoms with Gasteiger partial charge in [0.25, 0.3) is 0 Å². The fourth-order valence-corrected chi connectivity index (χ4v) is 3.96. The SMILES string of the molecule is CSc1cc2ccsc2c(S)c1Br. The largest absolute Gasteiger partial charge is 0.143 e. The van der Waals surface area contributed by atoms with E-state index >= 15 is 0 Å². The molecular weight excluding hydrogens is 284 g/mol. The Labute approximate surface area is 99.3 Å². The Morgan fingerprint density at radius 2 is 2.31 bits per heavy atom. The van der Waals surface area contributed by atoms with Crippen LogP contribution in [0.3, 0.4) is 0 Å². The number of fused-ring (bicyclic) bond motifs is 1. The lowest BCUT2D eigenvalue weighted by atomic mass is 10.3. The minimum atomic E-state index is 1.05. The van der Waals surface area contributed by atoms with Gasteiger partial charge in [0.05, 0.1) is 0 Å². The summed E-state index contributed by atoms with van der Waals surface area (Å²) in [5.41, 5.74) is 0. The van der Waals surface area contributed by atoms with Crippen molar-refractivity contribution in [2.45, 2.75) is 9.79 Å². The molecule has 0 aliphatic heterocycles. The molecule has 0 amide bonds. The zero-order valence-electron chi connectivity index (χ0n) is 6.87. The minimum Gasteiger partial charge on any atom is -0.143 e. The van der Waals surface area contributed by atoms with E-state index in [1.807, 2.05) is 0 Å². The standard InChI is InChI=1S/C9H7BrS3/c1-12-6-4-5-2-3-13-9(5)8(11)7(6)10/h2-4,11H,1H3. The molecule has 0 radical (unpaired) electrons. The third-order valence-electron chi connectivity index (χ3n) is 1.84. The Morgan fingerprint density at radius 1 is 1.54 bits per heavy atom. The smallest absolute Gasteiger partial charge is 0.0488 e. The van der Waals surface area contributed by atoms with Crippen LogP contribution in [0, 0.1) is 0 Å². The van der Waals surface area contributed by atoms with Crippen LogP contribution >= 0.6 is 51.7 Å². The molecule has 0 nitrogen and oxygen atoms in total. The molecule has 0 atom stereocenters. The van der Waals surface area contributed by atoms with Gasteiger partial charge in [-0.3, -0.25) is 0 Å². The van der Waals surface area contributed by atoms with E-state index in [2.05, 4.69) is 52.3 Å². The molecule has 4 heteroatoms. The number of hydrogen-bond acceptors (Lipinski definition) is 3. The minimum absolute atomic E-state index is 1.05. The van der Waals surface area contributed by atoms with Crippen LogP contribution in [-0.4, -0.2) is 6.26 Å². The molecule has 1 heterocycles. The van der Waals surface area contributed by atoms with Gasteiger partial charge in [0.15, 0.2) is 0 Å². The summed E-state index contributed by atoms with van der Waals surface area (Å²) in [4.78, 5) is 2.30. The van der Waals surface area contributed by atoms with Crippen molar-refractivity contribution in [1.82, 2.24) is 0 Å². The maximum absolute atomic E-state index is 4.50. The van der Waals surface area contributed by atoms with Gasteiger partial charge >= 0.3 is 0 Å². The molecule has 0 bridgehead atoms. The fraction of sp³-hybridized carbons (Fsp3) is 0.111. The normalized spacial score (nSPS) is 11.0. The lowest BCUT2D eigenvalue weighted by Crippen LogP contribution is -1.77. The number of thioether (sulfide) groups is 1. The van der Waals surface area contributed by atoms with Gasteiger partial charge in [-0.2, -0.15) is 0 Å². The molecule has 0 unspecified atom stereocenters. The van der Waals surface area contributed by atoms with E-state index in [1.165, 1.54) is 15.0 Å². The van der Waals surface area contributed by atoms with Crippen LogP contribution in [-0.2, 0) is 0 Å². The average molecular weight is 291 g/mol. The molecule has 68 valence electrons. The summed E-state index contributed by atoms with van der Waals surface area (Å²) in [6.45, 7) is 0. The highest BCUT2D eigenvalue weighted by Gasteiger charge is 2.08. The zero-order chi connectivity index (χ0) is 9.42. The summed E-state index contributed by atoms with van der Waals surface area (Å²) < 4.78 is 2.37. The highest BCUT2D eigenvalue weighted by atomic mass is 79.9. The van der Waals surface area contributed by atoms with Crippen LogP contribution < -0.4 is 0 Å². The van der Waals surface area contributed by atoms with Crippen molar-refractivity contribution >= 4 is 61.7 Å². The highest BCUT2D eigenvalue weighted by molar-refractivity contribution is 9.10. The molecule has 2 rings (SSSR count). The van der Waals surface area contributed by atoms with E-state index < -0.39 is 0 Å². The van der Waals surface area contributed by atoms with Crippen molar-refractivity contribution < 1.29 is 0 Å².